The van der Waals surface area contributed by atoms with Gasteiger partial charge in [-0.3, -0.25) is 4.90 Å². The zero-order valence-corrected chi connectivity index (χ0v) is 11.0. The van der Waals surface area contributed by atoms with E-state index in [0.717, 1.165) is 19.5 Å². The van der Waals surface area contributed by atoms with E-state index in [2.05, 4.69) is 28.1 Å². The summed E-state index contributed by atoms with van der Waals surface area (Å²) < 4.78 is 13.7. The third kappa shape index (κ3) is 2.15. The van der Waals surface area contributed by atoms with Crippen molar-refractivity contribution >= 4 is 10.9 Å². The number of alkyl halides is 1. The van der Waals surface area contributed by atoms with Gasteiger partial charge in [-0.05, 0) is 31.9 Å². The van der Waals surface area contributed by atoms with Gasteiger partial charge in [-0.15, -0.1) is 0 Å². The lowest BCUT2D eigenvalue weighted by atomic mass is 10.0. The average molecular weight is 246 g/mol. The van der Waals surface area contributed by atoms with E-state index in [1.807, 2.05) is 6.07 Å². The first-order valence-corrected chi connectivity index (χ1v) is 6.53. The first-order valence-electron chi connectivity index (χ1n) is 6.53. The topological polar surface area (TPSA) is 19.0 Å². The minimum Gasteiger partial charge on any atom is -0.357 e. The molecule has 1 aliphatic rings. The third-order valence-corrected chi connectivity index (χ3v) is 3.56. The molecule has 96 valence electrons. The van der Waals surface area contributed by atoms with E-state index in [9.17, 15) is 4.39 Å². The number of nitrogens with one attached hydrogen (secondary N) is 1. The van der Waals surface area contributed by atoms with Crippen molar-refractivity contribution in [1.29, 1.82) is 0 Å². The number of H-pyrrole nitrogens is 1. The van der Waals surface area contributed by atoms with Crippen molar-refractivity contribution in [3.8, 4) is 0 Å². The molecule has 0 saturated heterocycles. The Hall–Kier alpha value is -1.35. The molecule has 0 aliphatic carbocycles. The van der Waals surface area contributed by atoms with Crippen molar-refractivity contribution in [3.05, 3.63) is 35.5 Å². The maximum absolute atomic E-state index is 13.7. The predicted octanol–water partition coefficient (Wildman–Crippen LogP) is 3.27. The van der Waals surface area contributed by atoms with Crippen molar-refractivity contribution < 1.29 is 4.39 Å². The summed E-state index contributed by atoms with van der Waals surface area (Å²) in [5.74, 6) is 0. The van der Waals surface area contributed by atoms with E-state index in [1.165, 1.54) is 22.2 Å². The first-order chi connectivity index (χ1) is 8.53. The van der Waals surface area contributed by atoms with Gasteiger partial charge in [0.05, 0.1) is 0 Å². The van der Waals surface area contributed by atoms with Gasteiger partial charge in [0.15, 0.2) is 0 Å². The molecule has 3 heteroatoms. The Morgan fingerprint density at radius 2 is 2.11 bits per heavy atom. The van der Waals surface area contributed by atoms with Crippen LogP contribution in [-0.4, -0.2) is 28.6 Å². The molecule has 2 heterocycles. The second-order valence-electron chi connectivity index (χ2n) is 5.81. The summed E-state index contributed by atoms with van der Waals surface area (Å²) in [6, 6.07) is 8.40. The second kappa shape index (κ2) is 4.09. The molecule has 1 aromatic carbocycles. The molecule has 0 fully saturated rings. The number of halogens is 1. The quantitative estimate of drug-likeness (QED) is 0.861. The standard InChI is InChI=1S/C15H19FN2/c1-15(2,16)10-18-8-7-12-11-5-3-4-6-13(11)17-14(12)9-18/h3-6,17H,7-10H2,1-2H3. The molecule has 3 rings (SSSR count). The lowest BCUT2D eigenvalue weighted by Crippen LogP contribution is -2.39. The number of benzene rings is 1. The number of rotatable bonds is 2. The van der Waals surface area contributed by atoms with Crippen molar-refractivity contribution in [2.75, 3.05) is 13.1 Å². The van der Waals surface area contributed by atoms with Crippen molar-refractivity contribution in [2.45, 2.75) is 32.5 Å². The summed E-state index contributed by atoms with van der Waals surface area (Å²) in [5.41, 5.74) is 2.75. The highest BCUT2D eigenvalue weighted by Crippen LogP contribution is 2.28. The minimum absolute atomic E-state index is 0.502. The Kier molecular flexibility index (Phi) is 2.67. The molecular weight excluding hydrogens is 227 g/mol. The predicted molar refractivity (Wildman–Crippen MR) is 72.5 cm³/mol. The van der Waals surface area contributed by atoms with Crippen LogP contribution in [-0.2, 0) is 13.0 Å². The molecule has 0 bridgehead atoms. The van der Waals surface area contributed by atoms with Crippen LogP contribution in [0.5, 0.6) is 0 Å². The lowest BCUT2D eigenvalue weighted by molar-refractivity contribution is 0.116. The molecule has 0 amide bonds. The average Bonchev–Trinajstić information content (AvgIpc) is 2.64. The number of nitrogens with zero attached hydrogens (tertiary/aromatic N) is 1. The van der Waals surface area contributed by atoms with E-state index in [1.54, 1.807) is 13.8 Å². The SMILES string of the molecule is CC(C)(F)CN1CCc2c([nH]c3ccccc23)C1. The molecule has 18 heavy (non-hydrogen) atoms. The molecule has 2 nitrogen and oxygen atoms in total. The maximum Gasteiger partial charge on any atom is 0.118 e. The highest BCUT2D eigenvalue weighted by molar-refractivity contribution is 5.84. The Bertz CT molecular complexity index is 565. The van der Waals surface area contributed by atoms with E-state index in [0.29, 0.717) is 6.54 Å². The summed E-state index contributed by atoms with van der Waals surface area (Å²) >= 11 is 0. The third-order valence-electron chi connectivity index (χ3n) is 3.56. The van der Waals surface area contributed by atoms with E-state index in [4.69, 9.17) is 0 Å². The molecular formula is C15H19FN2. The van der Waals surface area contributed by atoms with Gasteiger partial charge in [0, 0.05) is 36.2 Å². The van der Waals surface area contributed by atoms with Crippen molar-refractivity contribution in [1.82, 2.24) is 9.88 Å². The van der Waals surface area contributed by atoms with Crippen LogP contribution in [0.4, 0.5) is 4.39 Å². The summed E-state index contributed by atoms with van der Waals surface area (Å²) in [5, 5.41) is 1.33. The van der Waals surface area contributed by atoms with Gasteiger partial charge in [-0.25, -0.2) is 4.39 Å². The fourth-order valence-electron chi connectivity index (χ4n) is 2.92. The fraction of sp³-hybridized carbons (Fsp3) is 0.467. The number of fused-ring (bicyclic) bond motifs is 3. The zero-order valence-electron chi connectivity index (χ0n) is 11.0. The summed E-state index contributed by atoms with van der Waals surface area (Å²) in [6.07, 6.45) is 1.01. The van der Waals surface area contributed by atoms with Crippen LogP contribution in [0.25, 0.3) is 10.9 Å². The molecule has 0 atom stereocenters. The van der Waals surface area contributed by atoms with Gasteiger partial charge in [-0.2, -0.15) is 0 Å². The van der Waals surface area contributed by atoms with Crippen LogP contribution < -0.4 is 0 Å². The molecule has 0 radical (unpaired) electrons. The Morgan fingerprint density at radius 1 is 1.33 bits per heavy atom. The normalized spacial score (nSPS) is 17.1. The highest BCUT2D eigenvalue weighted by Gasteiger charge is 2.25. The van der Waals surface area contributed by atoms with Crippen LogP contribution in [0.1, 0.15) is 25.1 Å². The number of hydrogen-bond donors (Lipinski definition) is 1. The number of hydrogen-bond acceptors (Lipinski definition) is 1. The summed E-state index contributed by atoms with van der Waals surface area (Å²) in [7, 11) is 0. The largest absolute Gasteiger partial charge is 0.357 e. The maximum atomic E-state index is 13.7. The van der Waals surface area contributed by atoms with Crippen LogP contribution in [0.15, 0.2) is 24.3 Å². The Morgan fingerprint density at radius 3 is 2.89 bits per heavy atom. The van der Waals surface area contributed by atoms with Crippen molar-refractivity contribution in [2.24, 2.45) is 0 Å². The number of aromatic amines is 1. The minimum atomic E-state index is -1.12. The zero-order chi connectivity index (χ0) is 12.8. The Labute approximate surface area is 107 Å². The smallest absolute Gasteiger partial charge is 0.118 e. The van der Waals surface area contributed by atoms with Crippen LogP contribution in [0.3, 0.4) is 0 Å². The number of para-hydroxylation sites is 1. The van der Waals surface area contributed by atoms with Gasteiger partial charge >= 0.3 is 0 Å². The first kappa shape index (κ1) is 11.7. The second-order valence-corrected chi connectivity index (χ2v) is 5.81. The van der Waals surface area contributed by atoms with Gasteiger partial charge in [0.25, 0.3) is 0 Å². The Balaban J connectivity index is 1.89. The molecule has 1 N–H and O–H groups in total. The van der Waals surface area contributed by atoms with Crippen LogP contribution >= 0.6 is 0 Å². The molecule has 0 saturated carbocycles. The fourth-order valence-corrected chi connectivity index (χ4v) is 2.92. The lowest BCUT2D eigenvalue weighted by Gasteiger charge is -2.30. The molecule has 1 aromatic heterocycles. The molecule has 2 aromatic rings. The van der Waals surface area contributed by atoms with E-state index < -0.39 is 5.67 Å². The van der Waals surface area contributed by atoms with Crippen molar-refractivity contribution in [3.63, 3.8) is 0 Å². The van der Waals surface area contributed by atoms with Gasteiger partial charge in [-0.1, -0.05) is 18.2 Å². The van der Waals surface area contributed by atoms with Crippen LogP contribution in [0, 0.1) is 0 Å². The number of aromatic nitrogens is 1. The van der Waals surface area contributed by atoms with E-state index in [-0.39, 0.29) is 0 Å². The van der Waals surface area contributed by atoms with Gasteiger partial charge in [0.1, 0.15) is 5.67 Å². The highest BCUT2D eigenvalue weighted by atomic mass is 19.1. The van der Waals surface area contributed by atoms with Gasteiger partial charge in [0.2, 0.25) is 0 Å². The molecule has 0 spiro atoms. The van der Waals surface area contributed by atoms with Crippen LogP contribution in [0.2, 0.25) is 0 Å². The molecule has 1 aliphatic heterocycles. The van der Waals surface area contributed by atoms with Gasteiger partial charge < -0.3 is 4.98 Å². The molecule has 0 unspecified atom stereocenters. The van der Waals surface area contributed by atoms with E-state index >= 15 is 0 Å². The summed E-state index contributed by atoms with van der Waals surface area (Å²) in [4.78, 5) is 5.66. The monoisotopic (exact) mass is 246 g/mol. The summed E-state index contributed by atoms with van der Waals surface area (Å²) in [6.45, 7) is 5.57.